The Labute approximate surface area is 95.6 Å². The molecular weight excluding hydrogens is 231 g/mol. The molecule has 1 aromatic rings. The van der Waals surface area contributed by atoms with Crippen LogP contribution in [0.4, 0.5) is 4.39 Å². The fourth-order valence-electron chi connectivity index (χ4n) is 2.14. The molecule has 1 unspecified atom stereocenters. The van der Waals surface area contributed by atoms with Crippen LogP contribution in [0.2, 0.25) is 0 Å². The largest absolute Gasteiger partial charge is 0.453 e. The molecule has 1 aromatic heterocycles. The predicted molar refractivity (Wildman–Crippen MR) is 53.5 cm³/mol. The van der Waals surface area contributed by atoms with Crippen molar-refractivity contribution >= 4 is 0 Å². The number of fused-ring (bicyclic) bond motifs is 3. The Morgan fingerprint density at radius 1 is 1.65 bits per heavy atom. The van der Waals surface area contributed by atoms with E-state index in [1.807, 2.05) is 0 Å². The number of halogens is 1. The number of hydrogen-bond donors (Lipinski definition) is 1. The van der Waals surface area contributed by atoms with E-state index in [4.69, 9.17) is 9.47 Å². The molecule has 0 aromatic carbocycles. The Kier molecular flexibility index (Phi) is 2.20. The molecule has 3 rings (SSSR count). The van der Waals surface area contributed by atoms with Gasteiger partial charge in [-0.1, -0.05) is 0 Å². The van der Waals surface area contributed by atoms with Crippen LogP contribution in [-0.4, -0.2) is 39.6 Å². The molecule has 0 spiro atoms. The van der Waals surface area contributed by atoms with E-state index in [1.165, 1.54) is 4.57 Å². The SMILES string of the molecule is Cc1cn2c(nc1=O)O[C@H]1C(O)[C@@H](CF)O[C@H]12. The first-order valence-electron chi connectivity index (χ1n) is 5.27. The number of rotatable bonds is 1. The average Bonchev–Trinajstić information content (AvgIpc) is 2.78. The molecule has 0 saturated carbocycles. The molecule has 0 radical (unpaired) electrons. The van der Waals surface area contributed by atoms with E-state index < -0.39 is 31.2 Å². The van der Waals surface area contributed by atoms with Crippen LogP contribution < -0.4 is 10.3 Å². The third kappa shape index (κ3) is 1.39. The lowest BCUT2D eigenvalue weighted by Crippen LogP contribution is -2.34. The summed E-state index contributed by atoms with van der Waals surface area (Å²) in [5, 5.41) is 9.76. The maximum absolute atomic E-state index is 12.6. The fraction of sp³-hybridized carbons (Fsp3) is 0.600. The van der Waals surface area contributed by atoms with Gasteiger partial charge in [-0.15, -0.1) is 0 Å². The number of alkyl halides is 1. The molecule has 4 atom stereocenters. The quantitative estimate of drug-likeness (QED) is 0.721. The Morgan fingerprint density at radius 3 is 3.12 bits per heavy atom. The molecule has 17 heavy (non-hydrogen) atoms. The molecule has 0 bridgehead atoms. The smallest absolute Gasteiger partial charge is 0.302 e. The minimum Gasteiger partial charge on any atom is -0.453 e. The molecule has 92 valence electrons. The minimum absolute atomic E-state index is 0.104. The van der Waals surface area contributed by atoms with E-state index in [0.29, 0.717) is 5.56 Å². The van der Waals surface area contributed by atoms with Gasteiger partial charge in [-0.25, -0.2) is 4.39 Å². The standard InChI is InChI=1S/C10H11FN2O4/c1-4-3-13-9-7(6(14)5(2-11)16-9)17-10(13)12-8(4)15/h3,5-7,9,14H,2H2,1H3/t5-,6?,7+,9-/m1/s1. The summed E-state index contributed by atoms with van der Waals surface area (Å²) in [7, 11) is 0. The van der Waals surface area contributed by atoms with Gasteiger partial charge in [0.05, 0.1) is 0 Å². The van der Waals surface area contributed by atoms with Crippen LogP contribution in [0.3, 0.4) is 0 Å². The van der Waals surface area contributed by atoms with E-state index in [9.17, 15) is 14.3 Å². The van der Waals surface area contributed by atoms with Gasteiger partial charge < -0.3 is 14.6 Å². The van der Waals surface area contributed by atoms with Crippen LogP contribution >= 0.6 is 0 Å². The summed E-state index contributed by atoms with van der Waals surface area (Å²) in [6.45, 7) is 0.841. The number of hydrogen-bond acceptors (Lipinski definition) is 5. The monoisotopic (exact) mass is 242 g/mol. The van der Waals surface area contributed by atoms with Crippen LogP contribution in [0.15, 0.2) is 11.0 Å². The highest BCUT2D eigenvalue weighted by Gasteiger charge is 2.51. The number of aromatic nitrogens is 2. The number of aliphatic hydroxyl groups is 1. The molecule has 6 nitrogen and oxygen atoms in total. The zero-order valence-electron chi connectivity index (χ0n) is 9.04. The van der Waals surface area contributed by atoms with Crippen LogP contribution in [-0.2, 0) is 4.74 Å². The van der Waals surface area contributed by atoms with Gasteiger partial charge in [0.1, 0.15) is 18.9 Å². The number of aryl methyl sites for hydroxylation is 1. The number of nitrogens with zero attached hydrogens (tertiary/aromatic N) is 2. The second-order valence-electron chi connectivity index (χ2n) is 4.21. The van der Waals surface area contributed by atoms with Crippen molar-refractivity contribution in [1.29, 1.82) is 0 Å². The predicted octanol–water partition coefficient (Wildman–Crippen LogP) is -0.459. The summed E-state index contributed by atoms with van der Waals surface area (Å²) >= 11 is 0. The maximum atomic E-state index is 12.6. The van der Waals surface area contributed by atoms with Gasteiger partial charge in [-0.3, -0.25) is 9.36 Å². The lowest BCUT2D eigenvalue weighted by molar-refractivity contribution is -0.0281. The highest BCUT2D eigenvalue weighted by Crippen LogP contribution is 2.39. The van der Waals surface area contributed by atoms with Crippen LogP contribution in [0.1, 0.15) is 11.8 Å². The van der Waals surface area contributed by atoms with E-state index in [2.05, 4.69) is 4.98 Å². The lowest BCUT2D eigenvalue weighted by Gasteiger charge is -2.13. The van der Waals surface area contributed by atoms with Crippen molar-refractivity contribution in [1.82, 2.24) is 9.55 Å². The highest BCUT2D eigenvalue weighted by atomic mass is 19.1. The summed E-state index contributed by atoms with van der Waals surface area (Å²) in [5.41, 5.74) is 0.0625. The minimum atomic E-state index is -1.05. The fourth-order valence-corrected chi connectivity index (χ4v) is 2.14. The van der Waals surface area contributed by atoms with Gasteiger partial charge in [0.25, 0.3) is 5.56 Å². The van der Waals surface area contributed by atoms with Crippen LogP contribution in [0.5, 0.6) is 6.01 Å². The van der Waals surface area contributed by atoms with Gasteiger partial charge in [-0.05, 0) is 6.92 Å². The van der Waals surface area contributed by atoms with E-state index >= 15 is 0 Å². The van der Waals surface area contributed by atoms with Crippen molar-refractivity contribution in [2.24, 2.45) is 0 Å². The molecule has 2 aliphatic heterocycles. The van der Waals surface area contributed by atoms with Gasteiger partial charge in [0, 0.05) is 11.8 Å². The number of aliphatic hydroxyl groups excluding tert-OH is 1. The van der Waals surface area contributed by atoms with Crippen molar-refractivity contribution in [3.63, 3.8) is 0 Å². The Bertz CT molecular complexity index is 518. The summed E-state index contributed by atoms with van der Waals surface area (Å²) in [5.74, 6) is 0. The van der Waals surface area contributed by atoms with E-state index in [-0.39, 0.29) is 11.6 Å². The van der Waals surface area contributed by atoms with Crippen molar-refractivity contribution in [3.8, 4) is 6.01 Å². The third-order valence-electron chi connectivity index (χ3n) is 3.07. The van der Waals surface area contributed by atoms with Crippen molar-refractivity contribution in [3.05, 3.63) is 22.1 Å². The maximum Gasteiger partial charge on any atom is 0.302 e. The highest BCUT2D eigenvalue weighted by molar-refractivity contribution is 5.15. The summed E-state index contributed by atoms with van der Waals surface area (Å²) in [6.07, 6.45) is -1.72. The van der Waals surface area contributed by atoms with E-state index in [1.54, 1.807) is 13.1 Å². The molecule has 7 heteroatoms. The molecule has 1 N–H and O–H groups in total. The first-order chi connectivity index (χ1) is 8.11. The number of ether oxygens (including phenoxy) is 2. The second-order valence-corrected chi connectivity index (χ2v) is 4.21. The topological polar surface area (TPSA) is 73.6 Å². The Morgan fingerprint density at radius 2 is 2.41 bits per heavy atom. The Balaban J connectivity index is 2.02. The van der Waals surface area contributed by atoms with Gasteiger partial charge in [0.15, 0.2) is 12.3 Å². The molecule has 2 aliphatic rings. The van der Waals surface area contributed by atoms with Crippen LogP contribution in [0.25, 0.3) is 0 Å². The van der Waals surface area contributed by atoms with Gasteiger partial charge >= 0.3 is 6.01 Å². The van der Waals surface area contributed by atoms with Crippen molar-refractivity contribution in [2.45, 2.75) is 31.5 Å². The van der Waals surface area contributed by atoms with Gasteiger partial charge in [0.2, 0.25) is 0 Å². The zero-order valence-corrected chi connectivity index (χ0v) is 9.04. The zero-order chi connectivity index (χ0) is 12.2. The Hall–Kier alpha value is -1.47. The summed E-state index contributed by atoms with van der Waals surface area (Å²) in [4.78, 5) is 15.1. The molecule has 1 fully saturated rings. The molecule has 0 aliphatic carbocycles. The summed E-state index contributed by atoms with van der Waals surface area (Å²) < 4.78 is 24.7. The summed E-state index contributed by atoms with van der Waals surface area (Å²) in [6, 6.07) is 0.104. The lowest BCUT2D eigenvalue weighted by atomic mass is 10.1. The first-order valence-corrected chi connectivity index (χ1v) is 5.27. The molecule has 0 amide bonds. The van der Waals surface area contributed by atoms with Crippen molar-refractivity contribution < 1.29 is 19.0 Å². The third-order valence-corrected chi connectivity index (χ3v) is 3.07. The van der Waals surface area contributed by atoms with E-state index in [0.717, 1.165) is 0 Å². The second kappa shape index (κ2) is 3.51. The molecule has 3 heterocycles. The molecular formula is C10H11FN2O4. The van der Waals surface area contributed by atoms with Crippen LogP contribution in [0, 0.1) is 6.92 Å². The van der Waals surface area contributed by atoms with Gasteiger partial charge in [-0.2, -0.15) is 4.98 Å². The van der Waals surface area contributed by atoms with Crippen molar-refractivity contribution in [2.75, 3.05) is 6.67 Å². The first kappa shape index (κ1) is 10.7. The average molecular weight is 242 g/mol. The molecule has 1 saturated heterocycles. The normalized spacial score (nSPS) is 34.3.